The molecule has 0 aromatic carbocycles. The van der Waals surface area contributed by atoms with Crippen molar-refractivity contribution in [3.8, 4) is 0 Å². The van der Waals surface area contributed by atoms with E-state index in [4.69, 9.17) is 5.73 Å². The van der Waals surface area contributed by atoms with Crippen molar-refractivity contribution in [2.45, 2.75) is 58.9 Å². The third-order valence-corrected chi connectivity index (χ3v) is 3.10. The minimum absolute atomic E-state index is 0.0764. The van der Waals surface area contributed by atoms with Crippen molar-refractivity contribution in [3.63, 3.8) is 0 Å². The maximum absolute atomic E-state index is 11.6. The van der Waals surface area contributed by atoms with Crippen LogP contribution in [0.4, 0.5) is 0 Å². The third kappa shape index (κ3) is 5.50. The van der Waals surface area contributed by atoms with Gasteiger partial charge in [0.1, 0.15) is 0 Å². The van der Waals surface area contributed by atoms with Crippen molar-refractivity contribution in [1.82, 2.24) is 5.32 Å². The summed E-state index contributed by atoms with van der Waals surface area (Å²) in [7, 11) is 0. The van der Waals surface area contributed by atoms with E-state index in [9.17, 15) is 4.79 Å². The van der Waals surface area contributed by atoms with Crippen molar-refractivity contribution < 1.29 is 4.79 Å². The highest BCUT2D eigenvalue weighted by Crippen LogP contribution is 2.23. The van der Waals surface area contributed by atoms with E-state index in [0.29, 0.717) is 18.4 Å². The van der Waals surface area contributed by atoms with Gasteiger partial charge in [-0.2, -0.15) is 0 Å². The van der Waals surface area contributed by atoms with Crippen LogP contribution in [0.3, 0.4) is 0 Å². The predicted octanol–water partition coefficient (Wildman–Crippen LogP) is 2.06. The first-order chi connectivity index (χ1) is 7.37. The molecule has 0 aromatic heterocycles. The Morgan fingerprint density at radius 1 is 1.38 bits per heavy atom. The molecule has 1 amide bonds. The van der Waals surface area contributed by atoms with Crippen molar-refractivity contribution in [1.29, 1.82) is 0 Å². The molecule has 1 aliphatic carbocycles. The smallest absolute Gasteiger partial charge is 0.220 e. The predicted molar refractivity (Wildman–Crippen MR) is 67.0 cm³/mol. The van der Waals surface area contributed by atoms with Gasteiger partial charge in [0.2, 0.25) is 5.91 Å². The number of carbonyl (C=O) groups excluding carboxylic acids is 1. The van der Waals surface area contributed by atoms with E-state index in [-0.39, 0.29) is 11.3 Å². The summed E-state index contributed by atoms with van der Waals surface area (Å²) < 4.78 is 0. The van der Waals surface area contributed by atoms with Crippen LogP contribution in [0.15, 0.2) is 0 Å². The topological polar surface area (TPSA) is 55.1 Å². The molecule has 0 aromatic rings. The molecule has 3 N–H and O–H groups in total. The Balaban J connectivity index is 2.21. The molecular weight excluding hydrogens is 200 g/mol. The normalized spacial score (nSPS) is 26.5. The van der Waals surface area contributed by atoms with Crippen molar-refractivity contribution in [3.05, 3.63) is 0 Å². The molecule has 0 heterocycles. The first-order valence-corrected chi connectivity index (χ1v) is 6.39. The molecule has 94 valence electrons. The maximum atomic E-state index is 11.6. The van der Waals surface area contributed by atoms with E-state index in [0.717, 1.165) is 19.4 Å². The van der Waals surface area contributed by atoms with Crippen LogP contribution in [0.25, 0.3) is 0 Å². The average Bonchev–Trinajstić information content (AvgIpc) is 2.12. The number of hydrogen-bond donors (Lipinski definition) is 2. The lowest BCUT2D eigenvalue weighted by atomic mass is 9.86. The van der Waals surface area contributed by atoms with Crippen LogP contribution in [0.1, 0.15) is 52.9 Å². The highest BCUT2D eigenvalue weighted by Gasteiger charge is 2.21. The molecule has 0 aliphatic heterocycles. The lowest BCUT2D eigenvalue weighted by Crippen LogP contribution is -2.36. The Bertz CT molecular complexity index is 233. The summed E-state index contributed by atoms with van der Waals surface area (Å²) in [6, 6.07) is 0.346. The van der Waals surface area contributed by atoms with E-state index in [1.807, 2.05) is 0 Å². The number of amides is 1. The molecule has 2 atom stereocenters. The fourth-order valence-corrected chi connectivity index (χ4v) is 2.32. The summed E-state index contributed by atoms with van der Waals surface area (Å²) in [5, 5.41) is 3.03. The van der Waals surface area contributed by atoms with Gasteiger partial charge >= 0.3 is 0 Å². The van der Waals surface area contributed by atoms with Gasteiger partial charge in [0, 0.05) is 19.0 Å². The highest BCUT2D eigenvalue weighted by atomic mass is 16.1. The van der Waals surface area contributed by atoms with Gasteiger partial charge in [-0.15, -0.1) is 0 Å². The van der Waals surface area contributed by atoms with Crippen molar-refractivity contribution >= 4 is 5.91 Å². The molecule has 1 fully saturated rings. The SMILES string of the molecule is CC(C)(C)CC(=O)NCC1CCCC(N)C1. The monoisotopic (exact) mass is 226 g/mol. The Labute approximate surface area is 99.2 Å². The van der Waals surface area contributed by atoms with Gasteiger partial charge in [-0.25, -0.2) is 0 Å². The second-order valence-corrected chi connectivity index (χ2v) is 6.33. The summed E-state index contributed by atoms with van der Waals surface area (Å²) in [4.78, 5) is 11.6. The van der Waals surface area contributed by atoms with Gasteiger partial charge in [0.25, 0.3) is 0 Å². The highest BCUT2D eigenvalue weighted by molar-refractivity contribution is 5.76. The molecule has 1 rings (SSSR count). The molecule has 2 unspecified atom stereocenters. The van der Waals surface area contributed by atoms with Crippen LogP contribution < -0.4 is 11.1 Å². The molecule has 0 bridgehead atoms. The van der Waals surface area contributed by atoms with E-state index < -0.39 is 0 Å². The van der Waals surface area contributed by atoms with Gasteiger partial charge in [-0.05, 0) is 30.6 Å². The lowest BCUT2D eigenvalue weighted by Gasteiger charge is -2.27. The van der Waals surface area contributed by atoms with Gasteiger partial charge in [0.15, 0.2) is 0 Å². The minimum Gasteiger partial charge on any atom is -0.356 e. The zero-order chi connectivity index (χ0) is 12.2. The molecule has 1 saturated carbocycles. The van der Waals surface area contributed by atoms with E-state index in [2.05, 4.69) is 26.1 Å². The number of nitrogens with two attached hydrogens (primary N) is 1. The van der Waals surface area contributed by atoms with Crippen LogP contribution in [-0.2, 0) is 4.79 Å². The van der Waals surface area contributed by atoms with Crippen LogP contribution in [0, 0.1) is 11.3 Å². The second kappa shape index (κ2) is 5.67. The fraction of sp³-hybridized carbons (Fsp3) is 0.923. The molecule has 1 aliphatic rings. The number of rotatable bonds is 3. The van der Waals surface area contributed by atoms with Gasteiger partial charge in [-0.3, -0.25) is 4.79 Å². The summed E-state index contributed by atoms with van der Waals surface area (Å²) >= 11 is 0. The zero-order valence-electron chi connectivity index (χ0n) is 10.9. The molecule has 16 heavy (non-hydrogen) atoms. The molecule has 3 heteroatoms. The molecule has 0 saturated heterocycles. The Morgan fingerprint density at radius 2 is 2.06 bits per heavy atom. The Morgan fingerprint density at radius 3 is 2.62 bits per heavy atom. The summed E-state index contributed by atoms with van der Waals surface area (Å²) in [6.45, 7) is 7.07. The largest absolute Gasteiger partial charge is 0.356 e. The standard InChI is InChI=1S/C13H26N2O/c1-13(2,3)8-12(16)15-9-10-5-4-6-11(14)7-10/h10-11H,4-9,14H2,1-3H3,(H,15,16). The summed E-state index contributed by atoms with van der Waals surface area (Å²) in [6.07, 6.45) is 5.23. The van der Waals surface area contributed by atoms with Crippen molar-refractivity contribution in [2.24, 2.45) is 17.1 Å². The van der Waals surface area contributed by atoms with E-state index >= 15 is 0 Å². The Hall–Kier alpha value is -0.570. The summed E-state index contributed by atoms with van der Waals surface area (Å²) in [5.41, 5.74) is 6.00. The summed E-state index contributed by atoms with van der Waals surface area (Å²) in [5.74, 6) is 0.763. The quantitative estimate of drug-likeness (QED) is 0.774. The Kier molecular flexibility index (Phi) is 4.78. The van der Waals surface area contributed by atoms with Gasteiger partial charge < -0.3 is 11.1 Å². The lowest BCUT2D eigenvalue weighted by molar-refractivity contribution is -0.123. The first kappa shape index (κ1) is 13.5. The van der Waals surface area contributed by atoms with Crippen LogP contribution in [0.2, 0.25) is 0 Å². The first-order valence-electron chi connectivity index (χ1n) is 6.39. The number of hydrogen-bond acceptors (Lipinski definition) is 2. The van der Waals surface area contributed by atoms with Gasteiger partial charge in [-0.1, -0.05) is 27.2 Å². The minimum atomic E-state index is 0.0764. The zero-order valence-corrected chi connectivity index (χ0v) is 10.9. The van der Waals surface area contributed by atoms with Crippen LogP contribution >= 0.6 is 0 Å². The van der Waals surface area contributed by atoms with E-state index in [1.165, 1.54) is 12.8 Å². The third-order valence-electron chi connectivity index (χ3n) is 3.10. The number of carbonyl (C=O) groups is 1. The van der Waals surface area contributed by atoms with Crippen molar-refractivity contribution in [2.75, 3.05) is 6.54 Å². The molecular formula is C13H26N2O. The molecule has 3 nitrogen and oxygen atoms in total. The maximum Gasteiger partial charge on any atom is 0.220 e. The van der Waals surface area contributed by atoms with E-state index in [1.54, 1.807) is 0 Å². The molecule has 0 radical (unpaired) electrons. The fourth-order valence-electron chi connectivity index (χ4n) is 2.32. The van der Waals surface area contributed by atoms with Gasteiger partial charge in [0.05, 0.1) is 0 Å². The number of nitrogens with one attached hydrogen (secondary N) is 1. The van der Waals surface area contributed by atoms with Crippen LogP contribution in [-0.4, -0.2) is 18.5 Å². The average molecular weight is 226 g/mol. The van der Waals surface area contributed by atoms with Crippen LogP contribution in [0.5, 0.6) is 0 Å². The molecule has 0 spiro atoms. The second-order valence-electron chi connectivity index (χ2n) is 6.33.